The third-order valence-electron chi connectivity index (χ3n) is 3.95. The summed E-state index contributed by atoms with van der Waals surface area (Å²) in [6.07, 6.45) is 4.11. The van der Waals surface area contributed by atoms with Gasteiger partial charge in [-0.2, -0.15) is 0 Å². The summed E-state index contributed by atoms with van der Waals surface area (Å²) in [5.41, 5.74) is 6.57. The van der Waals surface area contributed by atoms with Crippen LogP contribution in [0.15, 0.2) is 30.3 Å². The average Bonchev–Trinajstić information content (AvgIpc) is 3.25. The van der Waals surface area contributed by atoms with Crippen LogP contribution < -0.4 is 5.73 Å². The summed E-state index contributed by atoms with van der Waals surface area (Å²) in [6, 6.07) is 10.2. The van der Waals surface area contributed by atoms with Crippen LogP contribution in [0.25, 0.3) is 0 Å². The van der Waals surface area contributed by atoms with E-state index >= 15 is 0 Å². The van der Waals surface area contributed by atoms with E-state index in [9.17, 15) is 4.79 Å². The Hall–Kier alpha value is -1.35. The Morgan fingerprint density at radius 2 is 1.95 bits per heavy atom. The minimum Gasteiger partial charge on any atom is -0.341 e. The summed E-state index contributed by atoms with van der Waals surface area (Å²) in [5, 5.41) is 0. The highest BCUT2D eigenvalue weighted by molar-refractivity contribution is 5.91. The largest absolute Gasteiger partial charge is 0.341 e. The van der Waals surface area contributed by atoms with Crippen molar-refractivity contribution >= 4 is 5.91 Å². The number of benzene rings is 1. The van der Waals surface area contributed by atoms with Crippen molar-refractivity contribution in [1.82, 2.24) is 4.90 Å². The third kappa shape index (κ3) is 2.98. The van der Waals surface area contributed by atoms with E-state index in [2.05, 4.69) is 19.1 Å². The van der Waals surface area contributed by atoms with Gasteiger partial charge in [0.2, 0.25) is 5.91 Å². The summed E-state index contributed by atoms with van der Waals surface area (Å²) in [4.78, 5) is 14.8. The van der Waals surface area contributed by atoms with Crippen LogP contribution in [0.4, 0.5) is 0 Å². The SMILES string of the molecule is CCCCN(CCN)C(=O)C1(c2ccccc2)CC1. The first-order valence-electron chi connectivity index (χ1n) is 7.29. The molecule has 104 valence electrons. The zero-order valence-electron chi connectivity index (χ0n) is 11.8. The molecular formula is C16H24N2O. The summed E-state index contributed by atoms with van der Waals surface area (Å²) < 4.78 is 0. The second-order valence-corrected chi connectivity index (χ2v) is 5.38. The van der Waals surface area contributed by atoms with Gasteiger partial charge in [-0.15, -0.1) is 0 Å². The number of hydrogen-bond acceptors (Lipinski definition) is 2. The highest BCUT2D eigenvalue weighted by atomic mass is 16.2. The van der Waals surface area contributed by atoms with Gasteiger partial charge in [-0.3, -0.25) is 4.79 Å². The Morgan fingerprint density at radius 1 is 1.26 bits per heavy atom. The molecule has 0 bridgehead atoms. The van der Waals surface area contributed by atoms with Gasteiger partial charge in [0.1, 0.15) is 0 Å². The highest BCUT2D eigenvalue weighted by Crippen LogP contribution is 2.49. The fourth-order valence-corrected chi connectivity index (χ4v) is 2.63. The minimum atomic E-state index is -0.246. The van der Waals surface area contributed by atoms with Crippen molar-refractivity contribution in [1.29, 1.82) is 0 Å². The van der Waals surface area contributed by atoms with E-state index in [1.807, 2.05) is 23.1 Å². The first kappa shape index (κ1) is 14.1. The Kier molecular flexibility index (Phi) is 4.59. The first-order valence-corrected chi connectivity index (χ1v) is 7.29. The van der Waals surface area contributed by atoms with Gasteiger partial charge >= 0.3 is 0 Å². The molecule has 0 heterocycles. The molecule has 0 radical (unpaired) electrons. The molecule has 0 saturated heterocycles. The minimum absolute atomic E-state index is 0.246. The number of unbranched alkanes of at least 4 members (excludes halogenated alkanes) is 1. The number of amides is 1. The maximum absolute atomic E-state index is 12.8. The van der Waals surface area contributed by atoms with Crippen molar-refractivity contribution in [2.75, 3.05) is 19.6 Å². The van der Waals surface area contributed by atoms with Crippen molar-refractivity contribution in [2.45, 2.75) is 38.0 Å². The topological polar surface area (TPSA) is 46.3 Å². The van der Waals surface area contributed by atoms with Crippen LogP contribution in [0.1, 0.15) is 38.2 Å². The Morgan fingerprint density at radius 3 is 2.47 bits per heavy atom. The van der Waals surface area contributed by atoms with E-state index in [1.165, 1.54) is 5.56 Å². The van der Waals surface area contributed by atoms with Gasteiger partial charge in [0.05, 0.1) is 5.41 Å². The molecule has 0 aliphatic heterocycles. The molecule has 1 aromatic rings. The molecule has 3 heteroatoms. The summed E-state index contributed by atoms with van der Waals surface area (Å²) in [6.45, 7) is 4.20. The van der Waals surface area contributed by atoms with Crippen molar-refractivity contribution in [3.05, 3.63) is 35.9 Å². The van der Waals surface area contributed by atoms with E-state index < -0.39 is 0 Å². The maximum atomic E-state index is 12.8. The van der Waals surface area contributed by atoms with Crippen LogP contribution in [0.3, 0.4) is 0 Å². The number of nitrogens with two attached hydrogens (primary N) is 1. The normalized spacial score (nSPS) is 16.1. The van der Waals surface area contributed by atoms with E-state index in [0.29, 0.717) is 13.1 Å². The lowest BCUT2D eigenvalue weighted by atomic mass is 9.94. The number of rotatable bonds is 7. The van der Waals surface area contributed by atoms with Crippen LogP contribution in [-0.4, -0.2) is 30.4 Å². The summed E-state index contributed by atoms with van der Waals surface area (Å²) in [7, 11) is 0. The van der Waals surface area contributed by atoms with Crippen molar-refractivity contribution in [3.63, 3.8) is 0 Å². The lowest BCUT2D eigenvalue weighted by Gasteiger charge is -2.27. The lowest BCUT2D eigenvalue weighted by Crippen LogP contribution is -2.42. The summed E-state index contributed by atoms with van der Waals surface area (Å²) in [5.74, 6) is 0.276. The second-order valence-electron chi connectivity index (χ2n) is 5.38. The Bertz CT molecular complexity index is 412. The monoisotopic (exact) mass is 260 g/mol. The molecule has 1 aromatic carbocycles. The molecule has 19 heavy (non-hydrogen) atoms. The maximum Gasteiger partial charge on any atom is 0.233 e. The van der Waals surface area contributed by atoms with Crippen LogP contribution >= 0.6 is 0 Å². The molecule has 0 spiro atoms. The second kappa shape index (κ2) is 6.20. The van der Waals surface area contributed by atoms with Gasteiger partial charge in [0.25, 0.3) is 0 Å². The molecule has 0 aromatic heterocycles. The van der Waals surface area contributed by atoms with Crippen LogP contribution in [-0.2, 0) is 10.2 Å². The molecule has 2 rings (SSSR count). The van der Waals surface area contributed by atoms with Gasteiger partial charge in [-0.25, -0.2) is 0 Å². The molecule has 1 aliphatic rings. The van der Waals surface area contributed by atoms with Gasteiger partial charge < -0.3 is 10.6 Å². The van der Waals surface area contributed by atoms with E-state index in [1.54, 1.807) is 0 Å². The van der Waals surface area contributed by atoms with E-state index in [4.69, 9.17) is 5.73 Å². The molecule has 1 aliphatic carbocycles. The fraction of sp³-hybridized carbons (Fsp3) is 0.562. The summed E-state index contributed by atoms with van der Waals surface area (Å²) >= 11 is 0. The molecule has 0 unspecified atom stereocenters. The first-order chi connectivity index (χ1) is 9.24. The van der Waals surface area contributed by atoms with Gasteiger partial charge in [0, 0.05) is 19.6 Å². The van der Waals surface area contributed by atoms with Crippen molar-refractivity contribution in [2.24, 2.45) is 5.73 Å². The van der Waals surface area contributed by atoms with E-state index in [0.717, 1.165) is 32.2 Å². The number of carbonyl (C=O) groups is 1. The average molecular weight is 260 g/mol. The molecule has 1 fully saturated rings. The molecule has 2 N–H and O–H groups in total. The van der Waals surface area contributed by atoms with E-state index in [-0.39, 0.29) is 11.3 Å². The van der Waals surface area contributed by atoms with Crippen molar-refractivity contribution in [3.8, 4) is 0 Å². The zero-order chi connectivity index (χ0) is 13.7. The number of nitrogens with zero attached hydrogens (tertiary/aromatic N) is 1. The highest BCUT2D eigenvalue weighted by Gasteiger charge is 2.52. The van der Waals surface area contributed by atoms with Gasteiger partial charge in [0.15, 0.2) is 0 Å². The van der Waals surface area contributed by atoms with Gasteiger partial charge in [-0.1, -0.05) is 43.7 Å². The lowest BCUT2D eigenvalue weighted by molar-refractivity contribution is -0.134. The zero-order valence-corrected chi connectivity index (χ0v) is 11.8. The van der Waals surface area contributed by atoms with Crippen LogP contribution in [0.5, 0.6) is 0 Å². The van der Waals surface area contributed by atoms with Gasteiger partial charge in [-0.05, 0) is 24.8 Å². The number of carbonyl (C=O) groups excluding carboxylic acids is 1. The molecule has 3 nitrogen and oxygen atoms in total. The molecular weight excluding hydrogens is 236 g/mol. The predicted molar refractivity (Wildman–Crippen MR) is 77.9 cm³/mol. The smallest absolute Gasteiger partial charge is 0.233 e. The molecule has 1 saturated carbocycles. The standard InChI is InChI=1S/C16H24N2O/c1-2-3-12-18(13-11-17)15(19)16(9-10-16)14-7-5-4-6-8-14/h4-8H,2-3,9-13,17H2,1H3. The molecule has 1 amide bonds. The quantitative estimate of drug-likeness (QED) is 0.817. The van der Waals surface area contributed by atoms with Crippen molar-refractivity contribution < 1.29 is 4.79 Å². The number of hydrogen-bond donors (Lipinski definition) is 1. The third-order valence-corrected chi connectivity index (χ3v) is 3.95. The molecule has 0 atom stereocenters. The van der Waals surface area contributed by atoms with Crippen LogP contribution in [0.2, 0.25) is 0 Å². The Labute approximate surface area is 115 Å². The van der Waals surface area contributed by atoms with Crippen LogP contribution in [0, 0.1) is 0 Å². The Balaban J connectivity index is 2.12. The fourth-order valence-electron chi connectivity index (χ4n) is 2.63. The predicted octanol–water partition coefficient (Wildman–Crippen LogP) is 2.31.